The van der Waals surface area contributed by atoms with E-state index >= 15 is 0 Å². The highest BCUT2D eigenvalue weighted by molar-refractivity contribution is 9.09. The number of hydrogen-bond acceptors (Lipinski definition) is 1. The van der Waals surface area contributed by atoms with Crippen LogP contribution in [-0.4, -0.2) is 17.3 Å². The lowest BCUT2D eigenvalue weighted by atomic mass is 10.0. The fraction of sp³-hybridized carbons (Fsp3) is 0.923. The van der Waals surface area contributed by atoms with Gasteiger partial charge >= 0.3 is 0 Å². The summed E-state index contributed by atoms with van der Waals surface area (Å²) in [4.78, 5) is 12.0. The Morgan fingerprint density at radius 1 is 1.38 bits per heavy atom. The Morgan fingerprint density at radius 2 is 2.00 bits per heavy atom. The maximum Gasteiger partial charge on any atom is 0.223 e. The number of halogens is 1. The first-order valence-corrected chi connectivity index (χ1v) is 7.72. The highest BCUT2D eigenvalue weighted by Gasteiger charge is 2.54. The first kappa shape index (κ1) is 12.4. The lowest BCUT2D eigenvalue weighted by molar-refractivity contribution is -0.123. The number of rotatable bonds is 5. The molecule has 0 heterocycles. The average Bonchev–Trinajstić information content (AvgIpc) is 3.00. The molecule has 0 radical (unpaired) electrons. The van der Waals surface area contributed by atoms with Crippen molar-refractivity contribution >= 4 is 21.8 Å². The molecule has 3 atom stereocenters. The van der Waals surface area contributed by atoms with Crippen molar-refractivity contribution in [3.63, 3.8) is 0 Å². The van der Waals surface area contributed by atoms with Crippen LogP contribution in [0.5, 0.6) is 0 Å². The fourth-order valence-corrected chi connectivity index (χ4v) is 3.50. The third-order valence-corrected chi connectivity index (χ3v) is 4.68. The van der Waals surface area contributed by atoms with E-state index in [-0.39, 0.29) is 0 Å². The number of amides is 1. The van der Waals surface area contributed by atoms with Crippen molar-refractivity contribution < 1.29 is 4.79 Å². The molecule has 0 aromatic carbocycles. The van der Waals surface area contributed by atoms with Crippen molar-refractivity contribution in [2.75, 3.05) is 5.33 Å². The predicted octanol–water partition coefficient (Wildman–Crippen LogP) is 3.10. The minimum atomic E-state index is 0.332. The van der Waals surface area contributed by atoms with Gasteiger partial charge in [-0.05, 0) is 44.4 Å². The zero-order valence-electron chi connectivity index (χ0n) is 10.0. The first-order valence-electron chi connectivity index (χ1n) is 6.60. The fourth-order valence-electron chi connectivity index (χ4n) is 3.18. The quantitative estimate of drug-likeness (QED) is 0.774. The first-order chi connectivity index (χ1) is 7.74. The van der Waals surface area contributed by atoms with Crippen LogP contribution in [0.15, 0.2) is 0 Å². The lowest BCUT2D eigenvalue weighted by Crippen LogP contribution is -2.34. The van der Waals surface area contributed by atoms with Crippen LogP contribution in [0.2, 0.25) is 0 Å². The topological polar surface area (TPSA) is 29.1 Å². The van der Waals surface area contributed by atoms with E-state index in [1.54, 1.807) is 0 Å². The Morgan fingerprint density at radius 3 is 2.56 bits per heavy atom. The van der Waals surface area contributed by atoms with Gasteiger partial charge in [-0.15, -0.1) is 0 Å². The number of fused-ring (bicyclic) bond motifs is 1. The van der Waals surface area contributed by atoms with Crippen LogP contribution in [-0.2, 0) is 4.79 Å². The molecule has 0 aliphatic heterocycles. The van der Waals surface area contributed by atoms with Gasteiger partial charge in [-0.25, -0.2) is 0 Å². The highest BCUT2D eigenvalue weighted by atomic mass is 79.9. The van der Waals surface area contributed by atoms with Gasteiger partial charge in [-0.2, -0.15) is 0 Å². The van der Waals surface area contributed by atoms with Gasteiger partial charge < -0.3 is 5.32 Å². The summed E-state index contributed by atoms with van der Waals surface area (Å²) >= 11 is 3.42. The Bertz CT molecular complexity index is 244. The van der Waals surface area contributed by atoms with Crippen LogP contribution < -0.4 is 5.32 Å². The molecule has 0 saturated heterocycles. The third kappa shape index (κ3) is 2.79. The molecule has 0 bridgehead atoms. The van der Waals surface area contributed by atoms with E-state index in [4.69, 9.17) is 0 Å². The normalized spacial score (nSPS) is 34.0. The van der Waals surface area contributed by atoms with Gasteiger partial charge in [0.05, 0.1) is 0 Å². The third-order valence-electron chi connectivity index (χ3n) is 4.12. The van der Waals surface area contributed by atoms with Gasteiger partial charge in [-0.1, -0.05) is 28.8 Å². The van der Waals surface area contributed by atoms with Gasteiger partial charge in [0.15, 0.2) is 0 Å². The smallest absolute Gasteiger partial charge is 0.223 e. The van der Waals surface area contributed by atoms with Crippen LogP contribution >= 0.6 is 15.9 Å². The van der Waals surface area contributed by atoms with Crippen LogP contribution in [0.3, 0.4) is 0 Å². The summed E-state index contributed by atoms with van der Waals surface area (Å²) in [6, 6.07) is 0.340. The lowest BCUT2D eigenvalue weighted by Gasteiger charge is -2.13. The Labute approximate surface area is 107 Å². The number of carbonyl (C=O) groups excluding carboxylic acids is 1. The summed E-state index contributed by atoms with van der Waals surface area (Å²) in [5.74, 6) is 2.17. The van der Waals surface area contributed by atoms with Crippen molar-refractivity contribution in [3.8, 4) is 0 Å². The molecular formula is C13H22BrNO. The Hall–Kier alpha value is -0.0500. The van der Waals surface area contributed by atoms with E-state index in [0.717, 1.165) is 30.0 Å². The van der Waals surface area contributed by atoms with Crippen LogP contribution in [0.25, 0.3) is 0 Å². The highest BCUT2D eigenvalue weighted by Crippen LogP contribution is 2.55. The molecule has 3 heteroatoms. The van der Waals surface area contributed by atoms with Crippen molar-refractivity contribution in [1.29, 1.82) is 0 Å². The average molecular weight is 288 g/mol. The van der Waals surface area contributed by atoms with Gasteiger partial charge in [0, 0.05) is 17.3 Å². The maximum atomic E-state index is 12.0. The molecule has 2 saturated carbocycles. The largest absolute Gasteiger partial charge is 0.353 e. The van der Waals surface area contributed by atoms with Crippen molar-refractivity contribution in [2.24, 2.45) is 17.8 Å². The number of alkyl halides is 1. The molecule has 2 nitrogen and oxygen atoms in total. The molecule has 0 aromatic heterocycles. The summed E-state index contributed by atoms with van der Waals surface area (Å²) in [6.07, 6.45) is 7.48. The summed E-state index contributed by atoms with van der Waals surface area (Å²) < 4.78 is 0. The standard InChI is InChI=1S/C13H22BrNO/c1-9(5-4-8-14)15-13(16)12-10-6-2-3-7-11(10)12/h9-12H,2-8H2,1H3,(H,15,16). The summed E-state index contributed by atoms with van der Waals surface area (Å²) in [5.41, 5.74) is 0. The van der Waals surface area contributed by atoms with E-state index in [1.165, 1.54) is 25.7 Å². The van der Waals surface area contributed by atoms with Crippen molar-refractivity contribution in [2.45, 2.75) is 51.5 Å². The second-order valence-corrected chi connectivity index (χ2v) is 6.17. The molecule has 2 aliphatic carbocycles. The van der Waals surface area contributed by atoms with Gasteiger partial charge in [-0.3, -0.25) is 4.79 Å². The van der Waals surface area contributed by atoms with E-state index in [0.29, 0.717) is 17.9 Å². The molecule has 92 valence electrons. The molecule has 2 aliphatic rings. The van der Waals surface area contributed by atoms with Crippen molar-refractivity contribution in [3.05, 3.63) is 0 Å². The molecule has 1 N–H and O–H groups in total. The van der Waals surface area contributed by atoms with E-state index in [9.17, 15) is 4.79 Å². The molecule has 3 unspecified atom stereocenters. The molecule has 0 spiro atoms. The Balaban J connectivity index is 1.72. The summed E-state index contributed by atoms with van der Waals surface area (Å²) in [7, 11) is 0. The minimum Gasteiger partial charge on any atom is -0.353 e. The zero-order valence-corrected chi connectivity index (χ0v) is 11.6. The zero-order chi connectivity index (χ0) is 11.5. The molecule has 16 heavy (non-hydrogen) atoms. The molecule has 1 amide bonds. The number of carbonyl (C=O) groups is 1. The monoisotopic (exact) mass is 287 g/mol. The predicted molar refractivity (Wildman–Crippen MR) is 69.6 cm³/mol. The van der Waals surface area contributed by atoms with E-state index in [2.05, 4.69) is 28.2 Å². The molecule has 2 rings (SSSR count). The van der Waals surface area contributed by atoms with Crippen LogP contribution in [0.4, 0.5) is 0 Å². The van der Waals surface area contributed by atoms with E-state index in [1.807, 2.05) is 0 Å². The molecule has 2 fully saturated rings. The number of nitrogens with one attached hydrogen (secondary N) is 1. The van der Waals surface area contributed by atoms with E-state index < -0.39 is 0 Å². The van der Waals surface area contributed by atoms with Crippen LogP contribution in [0, 0.1) is 17.8 Å². The summed E-state index contributed by atoms with van der Waals surface area (Å²) in [5, 5.41) is 4.20. The SMILES string of the molecule is CC(CCCBr)NC(=O)C1C2CCCCC21. The molecular weight excluding hydrogens is 266 g/mol. The maximum absolute atomic E-state index is 12.0. The van der Waals surface area contributed by atoms with Gasteiger partial charge in [0.1, 0.15) is 0 Å². The summed E-state index contributed by atoms with van der Waals surface area (Å²) in [6.45, 7) is 2.12. The number of hydrogen-bond donors (Lipinski definition) is 1. The minimum absolute atomic E-state index is 0.332. The van der Waals surface area contributed by atoms with Gasteiger partial charge in [0.25, 0.3) is 0 Å². The Kier molecular flexibility index (Phi) is 4.28. The second kappa shape index (κ2) is 5.52. The van der Waals surface area contributed by atoms with Crippen molar-refractivity contribution in [1.82, 2.24) is 5.32 Å². The van der Waals surface area contributed by atoms with Gasteiger partial charge in [0.2, 0.25) is 5.91 Å². The second-order valence-electron chi connectivity index (χ2n) is 5.38. The van der Waals surface area contributed by atoms with Crippen LogP contribution in [0.1, 0.15) is 45.4 Å². The molecule has 0 aromatic rings.